The van der Waals surface area contributed by atoms with Crippen molar-refractivity contribution in [2.24, 2.45) is 0 Å². The summed E-state index contributed by atoms with van der Waals surface area (Å²) < 4.78 is 29.6. The summed E-state index contributed by atoms with van der Waals surface area (Å²) in [6.45, 7) is 0. The van der Waals surface area contributed by atoms with Gasteiger partial charge in [0, 0.05) is 0 Å². The third-order valence-electron chi connectivity index (χ3n) is 1.11. The lowest BCUT2D eigenvalue weighted by atomic mass is 10.4. The molecule has 0 atom stereocenters. The van der Waals surface area contributed by atoms with Gasteiger partial charge in [0.05, 0.1) is 5.02 Å². The first-order chi connectivity index (χ1) is 6.43. The fraction of sp³-hybridized carbons (Fsp3) is 0. The maximum absolute atomic E-state index is 10.5. The molecule has 0 fully saturated rings. The molecule has 1 N–H and O–H groups in total. The molecule has 0 aliphatic carbocycles. The number of rotatable bonds is 1. The minimum atomic E-state index is -4.17. The van der Waals surface area contributed by atoms with Crippen LogP contribution in [-0.4, -0.2) is 13.0 Å². The molecule has 0 aliphatic rings. The summed E-state index contributed by atoms with van der Waals surface area (Å²) in [4.78, 5) is 1.24. The minimum Gasteiger partial charge on any atom is -0.373 e. The van der Waals surface area contributed by atoms with Gasteiger partial charge in [-0.15, -0.1) is 0 Å². The number of hydrogen-bond acceptors (Lipinski definition) is 2. The summed E-state index contributed by atoms with van der Waals surface area (Å²) in [5.74, 6) is 0. The van der Waals surface area contributed by atoms with E-state index in [9.17, 15) is 8.42 Å². The maximum atomic E-state index is 10.5. The first-order valence-electron chi connectivity index (χ1n) is 3.14. The molecule has 76 valence electrons. The number of hydrogen-bond donors (Lipinski definition) is 1. The van der Waals surface area contributed by atoms with Crippen LogP contribution in [0.15, 0.2) is 29.2 Å². The summed E-state index contributed by atoms with van der Waals surface area (Å²) in [5.41, 5.74) is 13.5. The summed E-state index contributed by atoms with van der Waals surface area (Å²) >= 11 is 5.47. The first-order valence-corrected chi connectivity index (χ1v) is 4.95. The maximum Gasteiger partial charge on any atom is 0.296 e. The largest absolute Gasteiger partial charge is 0.373 e. The normalized spacial score (nSPS) is 9.57. The molecule has 0 heterocycles. The molecule has 14 heavy (non-hydrogen) atoms. The smallest absolute Gasteiger partial charge is 0.296 e. The first kappa shape index (κ1) is 12.7. The topological polar surface area (TPSA) is 113 Å². The summed E-state index contributed by atoms with van der Waals surface area (Å²) in [6.07, 6.45) is 0. The molecule has 0 saturated carbocycles. The third kappa shape index (κ3) is 4.11. The van der Waals surface area contributed by atoms with Crippen LogP contribution in [0, 0.1) is 0 Å². The van der Waals surface area contributed by atoms with Gasteiger partial charge in [-0.05, 0) is 12.1 Å². The Morgan fingerprint density at radius 2 is 1.71 bits per heavy atom. The Kier molecular flexibility index (Phi) is 4.96. The van der Waals surface area contributed by atoms with Gasteiger partial charge in [0.2, 0.25) is 0 Å². The van der Waals surface area contributed by atoms with Crippen LogP contribution in [0.1, 0.15) is 0 Å². The highest BCUT2D eigenvalue weighted by Gasteiger charge is 2.12. The highest BCUT2D eigenvalue weighted by molar-refractivity contribution is 7.86. The molecular weight excluding hydrogens is 230 g/mol. The van der Waals surface area contributed by atoms with Crippen LogP contribution in [-0.2, 0) is 10.1 Å². The highest BCUT2D eigenvalue weighted by atomic mass is 35.5. The zero-order valence-corrected chi connectivity index (χ0v) is 8.27. The second-order valence-corrected chi connectivity index (χ2v) is 3.79. The van der Waals surface area contributed by atoms with Crippen LogP contribution >= 0.6 is 11.6 Å². The number of nitrogens with zero attached hydrogens (tertiary/aromatic N) is 3. The minimum absolute atomic E-state index is 0.0231. The van der Waals surface area contributed by atoms with Crippen molar-refractivity contribution in [2.45, 2.75) is 4.90 Å². The zero-order valence-electron chi connectivity index (χ0n) is 6.70. The van der Waals surface area contributed by atoms with Crippen LogP contribution in [0.2, 0.25) is 5.02 Å². The Labute approximate surface area is 85.3 Å². The van der Waals surface area contributed by atoms with E-state index in [1.807, 2.05) is 0 Å². The van der Waals surface area contributed by atoms with Gasteiger partial charge in [0.15, 0.2) is 0 Å². The van der Waals surface area contributed by atoms with Crippen molar-refractivity contribution in [1.82, 2.24) is 0 Å². The van der Waals surface area contributed by atoms with E-state index in [4.69, 9.17) is 27.2 Å². The lowest BCUT2D eigenvalue weighted by Crippen LogP contribution is -1.97. The van der Waals surface area contributed by atoms with Gasteiger partial charge in [-0.25, -0.2) is 0 Å². The van der Waals surface area contributed by atoms with Crippen molar-refractivity contribution in [3.05, 3.63) is 45.3 Å². The molecule has 8 heteroatoms. The van der Waals surface area contributed by atoms with E-state index in [1.165, 1.54) is 23.1 Å². The summed E-state index contributed by atoms with van der Waals surface area (Å²) in [5, 5.41) is 0.0231. The summed E-state index contributed by atoms with van der Waals surface area (Å²) in [6, 6.07) is 5.69. The van der Waals surface area contributed by atoms with E-state index in [0.717, 1.165) is 0 Å². The van der Waals surface area contributed by atoms with E-state index in [-0.39, 0.29) is 9.92 Å². The van der Waals surface area contributed by atoms with Crippen LogP contribution in [0.4, 0.5) is 0 Å². The van der Waals surface area contributed by atoms with E-state index < -0.39 is 10.1 Å². The van der Waals surface area contributed by atoms with E-state index in [1.54, 1.807) is 6.07 Å². The molecule has 0 saturated heterocycles. The molecule has 0 radical (unpaired) electrons. The standard InChI is InChI=1S/C6H5ClO3S.N3/c7-5-3-1-2-4-6(5)11(8,9)10;1-3-2/h1-4H,(H,8,9,10);/q;-1. The molecule has 0 aromatic heterocycles. The van der Waals surface area contributed by atoms with Gasteiger partial charge in [-0.2, -0.15) is 8.42 Å². The lowest BCUT2D eigenvalue weighted by molar-refractivity contribution is 0.483. The molecular formula is C6H5ClN3O3S-. The van der Waals surface area contributed by atoms with Crippen LogP contribution in [0.25, 0.3) is 16.0 Å². The molecule has 0 bridgehead atoms. The van der Waals surface area contributed by atoms with Crippen molar-refractivity contribution >= 4 is 21.7 Å². The molecule has 6 nitrogen and oxygen atoms in total. The van der Waals surface area contributed by atoms with E-state index >= 15 is 0 Å². The molecule has 0 unspecified atom stereocenters. The Bertz CT molecular complexity index is 439. The SMILES string of the molecule is O=S(=O)(O)c1ccccc1Cl.[N-]=[N+]=[N-]. The molecule has 1 aromatic carbocycles. The van der Waals surface area contributed by atoms with Gasteiger partial charge in [-0.1, -0.05) is 23.7 Å². The van der Waals surface area contributed by atoms with Crippen molar-refractivity contribution < 1.29 is 13.0 Å². The molecule has 1 rings (SSSR count). The fourth-order valence-corrected chi connectivity index (χ4v) is 1.65. The third-order valence-corrected chi connectivity index (χ3v) is 2.47. The molecule has 0 aliphatic heterocycles. The van der Waals surface area contributed by atoms with Crippen LogP contribution in [0.3, 0.4) is 0 Å². The Morgan fingerprint density at radius 3 is 2.00 bits per heavy atom. The average molecular weight is 235 g/mol. The Balaban J connectivity index is 0.000000500. The predicted molar refractivity (Wildman–Crippen MR) is 51.3 cm³/mol. The monoisotopic (exact) mass is 234 g/mol. The molecule has 1 aromatic rings. The number of benzene rings is 1. The van der Waals surface area contributed by atoms with Crippen molar-refractivity contribution in [2.75, 3.05) is 0 Å². The lowest BCUT2D eigenvalue weighted by Gasteiger charge is -1.97. The van der Waals surface area contributed by atoms with Gasteiger partial charge >= 0.3 is 0 Å². The number of halogens is 1. The Hall–Kier alpha value is -1.27. The fourth-order valence-electron chi connectivity index (χ4n) is 0.654. The van der Waals surface area contributed by atoms with Crippen LogP contribution in [0.5, 0.6) is 0 Å². The van der Waals surface area contributed by atoms with Crippen molar-refractivity contribution in [3.63, 3.8) is 0 Å². The summed E-state index contributed by atoms with van der Waals surface area (Å²) in [7, 11) is -4.17. The van der Waals surface area contributed by atoms with Gasteiger partial charge < -0.3 is 11.1 Å². The van der Waals surface area contributed by atoms with Crippen molar-refractivity contribution in [3.8, 4) is 0 Å². The van der Waals surface area contributed by atoms with Crippen molar-refractivity contribution in [1.29, 1.82) is 0 Å². The second-order valence-electron chi connectivity index (χ2n) is 1.99. The second kappa shape index (κ2) is 5.46. The quantitative estimate of drug-likeness (QED) is 0.348. The van der Waals surface area contributed by atoms with Crippen LogP contribution < -0.4 is 0 Å². The predicted octanol–water partition coefficient (Wildman–Crippen LogP) is 2.45. The van der Waals surface area contributed by atoms with E-state index in [2.05, 4.69) is 0 Å². The highest BCUT2D eigenvalue weighted by Crippen LogP contribution is 2.19. The van der Waals surface area contributed by atoms with Gasteiger partial charge in [-0.3, -0.25) is 9.46 Å². The molecule has 0 spiro atoms. The van der Waals surface area contributed by atoms with E-state index in [0.29, 0.717) is 0 Å². The van der Waals surface area contributed by atoms with Gasteiger partial charge in [0.25, 0.3) is 10.1 Å². The molecule has 0 amide bonds. The van der Waals surface area contributed by atoms with Gasteiger partial charge in [0.1, 0.15) is 4.90 Å². The zero-order chi connectivity index (χ0) is 11.2. The average Bonchev–Trinajstić information content (AvgIpc) is 2.04. The Morgan fingerprint density at radius 1 is 1.29 bits per heavy atom.